The zero-order valence-corrected chi connectivity index (χ0v) is 16.8. The van der Waals surface area contributed by atoms with Crippen molar-refractivity contribution in [1.29, 1.82) is 0 Å². The molecule has 1 aliphatic rings. The van der Waals surface area contributed by atoms with E-state index in [9.17, 15) is 10.2 Å². The highest BCUT2D eigenvalue weighted by molar-refractivity contribution is 5.21. The van der Waals surface area contributed by atoms with Crippen molar-refractivity contribution in [3.63, 3.8) is 0 Å². The van der Waals surface area contributed by atoms with E-state index < -0.39 is 12.2 Å². The average Bonchev–Trinajstić information content (AvgIpc) is 2.77. The molecule has 3 rings (SSSR count). The molecule has 29 heavy (non-hydrogen) atoms. The Bertz CT molecular complexity index is 678. The van der Waals surface area contributed by atoms with Crippen molar-refractivity contribution in [3.05, 3.63) is 60.7 Å². The van der Waals surface area contributed by atoms with Gasteiger partial charge in [0.05, 0.1) is 0 Å². The van der Waals surface area contributed by atoms with Crippen molar-refractivity contribution in [2.45, 2.75) is 31.1 Å². The van der Waals surface area contributed by atoms with Crippen LogP contribution in [0, 0.1) is 0 Å². The molecule has 158 valence electrons. The second-order valence-corrected chi connectivity index (χ2v) is 7.54. The highest BCUT2D eigenvalue weighted by Crippen LogP contribution is 2.13. The molecule has 0 saturated carbocycles. The molecule has 3 N–H and O–H groups in total. The number of hydrogen-bond donors (Lipinski definition) is 3. The Labute approximate surface area is 173 Å². The zero-order chi connectivity index (χ0) is 20.3. The quantitative estimate of drug-likeness (QED) is 0.535. The van der Waals surface area contributed by atoms with Crippen molar-refractivity contribution in [2.24, 2.45) is 0 Å². The lowest BCUT2D eigenvalue weighted by atomic mass is 10.0. The fourth-order valence-corrected chi connectivity index (χ4v) is 3.45. The molecule has 1 saturated heterocycles. The Morgan fingerprint density at radius 2 is 1.34 bits per heavy atom. The van der Waals surface area contributed by atoms with Crippen LogP contribution in [0.25, 0.3) is 0 Å². The molecule has 2 aromatic rings. The summed E-state index contributed by atoms with van der Waals surface area (Å²) in [5.74, 6) is 1.55. The maximum Gasteiger partial charge on any atom is 0.119 e. The van der Waals surface area contributed by atoms with E-state index in [0.29, 0.717) is 25.7 Å². The highest BCUT2D eigenvalue weighted by Gasteiger charge is 2.21. The summed E-state index contributed by atoms with van der Waals surface area (Å²) in [6.45, 7) is 3.57. The minimum Gasteiger partial charge on any atom is -0.491 e. The molecule has 6 nitrogen and oxygen atoms in total. The number of rotatable bonds is 11. The maximum absolute atomic E-state index is 10.2. The predicted octanol–water partition coefficient (Wildman–Crippen LogP) is 1.92. The van der Waals surface area contributed by atoms with Gasteiger partial charge in [-0.15, -0.1) is 0 Å². The van der Waals surface area contributed by atoms with Crippen LogP contribution >= 0.6 is 0 Å². The fourth-order valence-electron chi connectivity index (χ4n) is 3.45. The molecule has 2 unspecified atom stereocenters. The third-order valence-corrected chi connectivity index (χ3v) is 5.07. The average molecular weight is 401 g/mol. The van der Waals surface area contributed by atoms with Crippen LogP contribution in [-0.2, 0) is 0 Å². The Balaban J connectivity index is 1.26. The molecule has 1 heterocycles. The number of hydrogen-bond acceptors (Lipinski definition) is 6. The van der Waals surface area contributed by atoms with Gasteiger partial charge in [0.2, 0.25) is 0 Å². The molecule has 2 atom stereocenters. The number of nitrogens with one attached hydrogen (secondary N) is 1. The van der Waals surface area contributed by atoms with Gasteiger partial charge in [0, 0.05) is 19.1 Å². The van der Waals surface area contributed by atoms with Crippen molar-refractivity contribution < 1.29 is 19.7 Å². The first kappa shape index (κ1) is 21.6. The first-order valence-electron chi connectivity index (χ1n) is 10.4. The van der Waals surface area contributed by atoms with E-state index in [-0.39, 0.29) is 6.61 Å². The van der Waals surface area contributed by atoms with Gasteiger partial charge < -0.3 is 29.9 Å². The zero-order valence-electron chi connectivity index (χ0n) is 16.8. The van der Waals surface area contributed by atoms with Crippen molar-refractivity contribution >= 4 is 0 Å². The van der Waals surface area contributed by atoms with E-state index >= 15 is 0 Å². The summed E-state index contributed by atoms with van der Waals surface area (Å²) in [5, 5.41) is 23.8. The third-order valence-electron chi connectivity index (χ3n) is 5.07. The van der Waals surface area contributed by atoms with E-state index in [2.05, 4.69) is 10.2 Å². The second kappa shape index (κ2) is 11.8. The summed E-state index contributed by atoms with van der Waals surface area (Å²) in [6.07, 6.45) is 0.957. The number of β-amino-alcohol motifs (C(OH)–C–C–N with tert-alkyl or cyclic N) is 1. The first-order chi connectivity index (χ1) is 14.2. The van der Waals surface area contributed by atoms with Crippen LogP contribution < -0.4 is 14.8 Å². The molecule has 1 fully saturated rings. The second-order valence-electron chi connectivity index (χ2n) is 7.54. The minimum absolute atomic E-state index is 0.281. The lowest BCUT2D eigenvalue weighted by Crippen LogP contribution is -2.47. The summed E-state index contributed by atoms with van der Waals surface area (Å²) in [7, 11) is 0. The normalized spacial score (nSPS) is 17.6. The molecular weight excluding hydrogens is 368 g/mol. The van der Waals surface area contributed by atoms with E-state index in [0.717, 1.165) is 37.4 Å². The largest absolute Gasteiger partial charge is 0.491 e. The minimum atomic E-state index is -0.537. The van der Waals surface area contributed by atoms with E-state index in [1.165, 1.54) is 0 Å². The number of likely N-dealkylation sites (tertiary alicyclic amines) is 1. The lowest BCUT2D eigenvalue weighted by molar-refractivity contribution is 0.0556. The summed E-state index contributed by atoms with van der Waals surface area (Å²) >= 11 is 0. The number of nitrogens with zero attached hydrogens (tertiary/aromatic N) is 1. The molecule has 1 aliphatic heterocycles. The number of ether oxygens (including phenoxy) is 2. The molecule has 0 aliphatic carbocycles. The molecule has 2 aromatic carbocycles. The van der Waals surface area contributed by atoms with Crippen molar-refractivity contribution in [2.75, 3.05) is 39.4 Å². The van der Waals surface area contributed by atoms with Gasteiger partial charge >= 0.3 is 0 Å². The smallest absolute Gasteiger partial charge is 0.119 e. The summed E-state index contributed by atoms with van der Waals surface area (Å²) < 4.78 is 11.2. The SMILES string of the molecule is OC(CNC1CCN(CC(O)COc2ccccc2)CC1)COc1ccccc1. The Hall–Kier alpha value is -2.12. The van der Waals surface area contributed by atoms with Crippen LogP contribution in [0.2, 0.25) is 0 Å². The number of aliphatic hydroxyl groups excluding tert-OH is 2. The van der Waals surface area contributed by atoms with Crippen LogP contribution in [-0.4, -0.2) is 72.8 Å². The summed E-state index contributed by atoms with van der Waals surface area (Å²) in [6, 6.07) is 19.5. The number of piperidine rings is 1. The molecule has 0 spiro atoms. The summed E-state index contributed by atoms with van der Waals surface area (Å²) in [4.78, 5) is 2.27. The van der Waals surface area contributed by atoms with Gasteiger partial charge in [0.25, 0.3) is 0 Å². The van der Waals surface area contributed by atoms with Crippen molar-refractivity contribution in [1.82, 2.24) is 10.2 Å². The van der Waals surface area contributed by atoms with Crippen molar-refractivity contribution in [3.8, 4) is 11.5 Å². The van der Waals surface area contributed by atoms with Gasteiger partial charge in [-0.2, -0.15) is 0 Å². The molecule has 0 amide bonds. The number of para-hydroxylation sites is 2. The third kappa shape index (κ3) is 8.03. The van der Waals surface area contributed by atoms with Gasteiger partial charge in [-0.3, -0.25) is 0 Å². The van der Waals surface area contributed by atoms with Gasteiger partial charge in [-0.05, 0) is 50.2 Å². The molecular formula is C23H32N2O4. The maximum atomic E-state index is 10.2. The van der Waals surface area contributed by atoms with E-state index in [4.69, 9.17) is 9.47 Å². The Morgan fingerprint density at radius 3 is 1.90 bits per heavy atom. The monoisotopic (exact) mass is 400 g/mol. The van der Waals surface area contributed by atoms with E-state index in [1.807, 2.05) is 60.7 Å². The molecule has 0 aromatic heterocycles. The van der Waals surface area contributed by atoms with Crippen LogP contribution in [0.3, 0.4) is 0 Å². The van der Waals surface area contributed by atoms with Crippen LogP contribution in [0.15, 0.2) is 60.7 Å². The highest BCUT2D eigenvalue weighted by atomic mass is 16.5. The molecule has 0 radical (unpaired) electrons. The van der Waals surface area contributed by atoms with Gasteiger partial charge in [0.15, 0.2) is 0 Å². The molecule has 0 bridgehead atoms. The van der Waals surface area contributed by atoms with Crippen LogP contribution in [0.4, 0.5) is 0 Å². The Morgan fingerprint density at radius 1 is 0.828 bits per heavy atom. The Kier molecular flexibility index (Phi) is 8.77. The number of benzene rings is 2. The van der Waals surface area contributed by atoms with Gasteiger partial charge in [0.1, 0.15) is 36.9 Å². The summed E-state index contributed by atoms with van der Waals surface area (Å²) in [5.41, 5.74) is 0. The fraction of sp³-hybridized carbons (Fsp3) is 0.478. The van der Waals surface area contributed by atoms with E-state index in [1.54, 1.807) is 0 Å². The van der Waals surface area contributed by atoms with Crippen LogP contribution in [0.1, 0.15) is 12.8 Å². The topological polar surface area (TPSA) is 74.2 Å². The predicted molar refractivity (Wildman–Crippen MR) is 113 cm³/mol. The number of aliphatic hydroxyl groups is 2. The van der Waals surface area contributed by atoms with Crippen LogP contribution in [0.5, 0.6) is 11.5 Å². The molecule has 6 heteroatoms. The first-order valence-corrected chi connectivity index (χ1v) is 10.4. The van der Waals surface area contributed by atoms with Gasteiger partial charge in [-0.25, -0.2) is 0 Å². The lowest BCUT2D eigenvalue weighted by Gasteiger charge is -2.33. The standard InChI is InChI=1S/C23H32N2O4/c26-20(17-28-22-7-3-1-4-8-22)15-24-19-11-13-25(14-12-19)16-21(27)18-29-23-9-5-2-6-10-23/h1-10,19-21,24,26-27H,11-18H2. The van der Waals surface area contributed by atoms with Gasteiger partial charge in [-0.1, -0.05) is 36.4 Å².